The molecule has 0 aliphatic rings. The monoisotopic (exact) mass is 564 g/mol. The Bertz CT molecular complexity index is 1540. The van der Waals surface area contributed by atoms with Crippen molar-refractivity contribution in [2.45, 2.75) is 0 Å². The summed E-state index contributed by atoms with van der Waals surface area (Å²) in [6, 6.07) is 11.0. The molecule has 0 aliphatic carbocycles. The molecule has 4 N–H and O–H groups in total. The summed E-state index contributed by atoms with van der Waals surface area (Å²) < 4.78 is 0. The molecule has 0 spiro atoms. The van der Waals surface area contributed by atoms with E-state index in [4.69, 9.17) is 33.9 Å². The molecule has 194 valence electrons. The molecular formula is C22H10N12NiO4-2. The molecule has 0 atom stereocenters. The fourth-order valence-electron chi connectivity index (χ4n) is 2.43. The van der Waals surface area contributed by atoms with E-state index in [9.17, 15) is 10.2 Å². The number of phenols is 4. The molecule has 0 amide bonds. The molecule has 0 saturated carbocycles. The van der Waals surface area contributed by atoms with Gasteiger partial charge in [-0.3, -0.25) is 15.1 Å². The van der Waals surface area contributed by atoms with E-state index in [1.807, 2.05) is 0 Å². The number of nitrogens with zero attached hydrogens (tertiary/aromatic N) is 12. The van der Waals surface area contributed by atoms with Crippen LogP contribution in [0.5, 0.6) is 23.0 Å². The second-order valence-electron chi connectivity index (χ2n) is 6.58. The van der Waals surface area contributed by atoms with Gasteiger partial charge in [0.05, 0.1) is 17.2 Å². The molecule has 4 rings (SSSR count). The second kappa shape index (κ2) is 13.1. The van der Waals surface area contributed by atoms with Crippen molar-refractivity contribution in [2.75, 3.05) is 0 Å². The number of hydrogen-bond donors (Lipinski definition) is 4. The smallest absolute Gasteiger partial charge is 0.237 e. The van der Waals surface area contributed by atoms with Crippen molar-refractivity contribution in [3.05, 3.63) is 70.6 Å². The van der Waals surface area contributed by atoms with Crippen molar-refractivity contribution in [3.8, 4) is 35.1 Å². The second-order valence-corrected chi connectivity index (χ2v) is 6.58. The molecule has 0 fully saturated rings. The van der Waals surface area contributed by atoms with Gasteiger partial charge in [0.2, 0.25) is 5.95 Å². The summed E-state index contributed by atoms with van der Waals surface area (Å²) in [6.45, 7) is 13.6. The first-order valence-electron chi connectivity index (χ1n) is 9.80. The summed E-state index contributed by atoms with van der Waals surface area (Å²) in [6.07, 6.45) is 0. The Kier molecular flexibility index (Phi) is 9.75. The Labute approximate surface area is 228 Å². The van der Waals surface area contributed by atoms with Gasteiger partial charge < -0.3 is 40.1 Å². The van der Waals surface area contributed by atoms with Gasteiger partial charge in [-0.05, 0) is 24.3 Å². The largest absolute Gasteiger partial charge is 0.562 e. The van der Waals surface area contributed by atoms with Crippen molar-refractivity contribution < 1.29 is 36.9 Å². The van der Waals surface area contributed by atoms with E-state index in [0.29, 0.717) is 0 Å². The van der Waals surface area contributed by atoms with E-state index in [1.165, 1.54) is 24.3 Å². The summed E-state index contributed by atoms with van der Waals surface area (Å²) in [5.41, 5.74) is -0.0614. The summed E-state index contributed by atoms with van der Waals surface area (Å²) >= 11 is 0. The molecule has 2 aromatic heterocycles. The third-order valence-corrected chi connectivity index (χ3v) is 4.10. The number of benzene rings is 2. The van der Waals surface area contributed by atoms with Crippen LogP contribution >= 0.6 is 0 Å². The first-order valence-corrected chi connectivity index (χ1v) is 9.80. The summed E-state index contributed by atoms with van der Waals surface area (Å²) in [5.74, 6) is -1.31. The normalized spacial score (nSPS) is 9.95. The predicted molar refractivity (Wildman–Crippen MR) is 125 cm³/mol. The standard InChI is InChI=1S/2C11H5N6O2.Ni/c1-12-9-10(13-2)15-11(14-9)17-16-7-4-3-6(18)5-8(7)19;12-4-8-9(5-13)15-11(14-8)17-16-7-2-1-6(18)3-10(7)19;/h3-5H,(H2-,14,15,16,17,18,19);1-3H,(H2-,14,15,16,17,18,19);/q2*-1;. The van der Waals surface area contributed by atoms with E-state index < -0.39 is 0 Å². The van der Waals surface area contributed by atoms with Crippen molar-refractivity contribution in [3.63, 3.8) is 0 Å². The van der Waals surface area contributed by atoms with Crippen LogP contribution in [0.15, 0.2) is 56.9 Å². The quantitative estimate of drug-likeness (QED) is 0.153. The number of nitriles is 2. The van der Waals surface area contributed by atoms with Crippen molar-refractivity contribution in [1.82, 2.24) is 19.9 Å². The van der Waals surface area contributed by atoms with E-state index >= 15 is 0 Å². The third-order valence-electron chi connectivity index (χ3n) is 4.10. The summed E-state index contributed by atoms with van der Waals surface area (Å²) in [5, 5.41) is 69.0. The number of imidazole rings is 2. The minimum Gasteiger partial charge on any atom is -0.562 e. The Balaban J connectivity index is 0.000000267. The van der Waals surface area contributed by atoms with E-state index in [2.05, 4.69) is 50.1 Å². The zero-order valence-electron chi connectivity index (χ0n) is 18.9. The maximum Gasteiger partial charge on any atom is 0.237 e. The van der Waals surface area contributed by atoms with Gasteiger partial charge in [0.1, 0.15) is 52.3 Å². The van der Waals surface area contributed by atoms with E-state index in [-0.39, 0.29) is 85.8 Å². The maximum absolute atomic E-state index is 9.47. The Hall–Kier alpha value is -6.29. The van der Waals surface area contributed by atoms with Gasteiger partial charge in [-0.1, -0.05) is 6.57 Å². The van der Waals surface area contributed by atoms with Gasteiger partial charge in [-0.2, -0.15) is 10.5 Å². The topological polar surface area (TPSA) is 241 Å². The van der Waals surface area contributed by atoms with Gasteiger partial charge >= 0.3 is 0 Å². The molecule has 16 nitrogen and oxygen atoms in total. The number of hydrogen-bond acceptors (Lipinski definition) is 12. The van der Waals surface area contributed by atoms with Gasteiger partial charge in [0.25, 0.3) is 0 Å². The van der Waals surface area contributed by atoms with Crippen molar-refractivity contribution in [2.24, 2.45) is 20.5 Å². The molecule has 17 heteroatoms. The number of phenolic OH excluding ortho intramolecular Hbond substituents is 4. The first kappa shape index (κ1) is 28.9. The van der Waals surface area contributed by atoms with E-state index in [1.54, 1.807) is 12.1 Å². The molecule has 4 aromatic rings. The summed E-state index contributed by atoms with van der Waals surface area (Å²) in [7, 11) is 0. The van der Waals surface area contributed by atoms with E-state index in [0.717, 1.165) is 12.1 Å². The Morgan fingerprint density at radius 2 is 1.28 bits per heavy atom. The number of aromatic hydroxyl groups is 4. The van der Waals surface area contributed by atoms with Gasteiger partial charge in [-0.25, -0.2) is 11.7 Å². The minimum atomic E-state index is -0.267. The molecular weight excluding hydrogens is 555 g/mol. The Morgan fingerprint density at radius 3 is 1.67 bits per heavy atom. The fraction of sp³-hybridized carbons (Fsp3) is 0. The number of azo groups is 2. The molecule has 0 radical (unpaired) electrons. The zero-order chi connectivity index (χ0) is 27.7. The molecule has 2 aromatic carbocycles. The van der Waals surface area contributed by atoms with Crippen molar-refractivity contribution >= 4 is 34.9 Å². The van der Waals surface area contributed by atoms with Gasteiger partial charge in [0.15, 0.2) is 0 Å². The van der Waals surface area contributed by atoms with Crippen molar-refractivity contribution in [1.29, 1.82) is 10.5 Å². The number of aromatic nitrogens is 4. The average molecular weight is 565 g/mol. The van der Waals surface area contributed by atoms with Crippen LogP contribution in [-0.4, -0.2) is 30.4 Å². The average Bonchev–Trinajstić information content (AvgIpc) is 3.51. The molecule has 2 heterocycles. The first-order chi connectivity index (χ1) is 18.3. The third kappa shape index (κ3) is 7.35. The molecule has 0 unspecified atom stereocenters. The maximum atomic E-state index is 9.47. The Morgan fingerprint density at radius 1 is 0.744 bits per heavy atom. The fourth-order valence-corrected chi connectivity index (χ4v) is 2.43. The molecule has 0 saturated heterocycles. The predicted octanol–water partition coefficient (Wildman–Crippen LogP) is 4.57. The zero-order valence-corrected chi connectivity index (χ0v) is 19.9. The van der Waals surface area contributed by atoms with Crippen LogP contribution in [0.25, 0.3) is 9.69 Å². The minimum absolute atomic E-state index is 0. The van der Waals surface area contributed by atoms with Crippen LogP contribution in [0.3, 0.4) is 0 Å². The van der Waals surface area contributed by atoms with Crippen LogP contribution in [0, 0.1) is 35.8 Å². The number of rotatable bonds is 4. The molecule has 0 aliphatic heterocycles. The van der Waals surface area contributed by atoms with Crippen LogP contribution in [0.4, 0.5) is 34.9 Å². The molecule has 0 bridgehead atoms. The summed E-state index contributed by atoms with van der Waals surface area (Å²) in [4.78, 5) is 20.8. The van der Waals surface area contributed by atoms with Gasteiger partial charge in [-0.15, -0.1) is 10.2 Å². The van der Waals surface area contributed by atoms with Crippen LogP contribution in [0.2, 0.25) is 0 Å². The van der Waals surface area contributed by atoms with Gasteiger partial charge in [0, 0.05) is 34.6 Å². The van der Waals surface area contributed by atoms with Crippen LogP contribution in [0.1, 0.15) is 11.4 Å². The van der Waals surface area contributed by atoms with Crippen LogP contribution in [-0.2, 0) is 16.5 Å². The SMILES string of the molecule is N#Cc1nc(N=Nc2ccc(O)cc2O)[n-]c1C#N.[C-]#[N+]c1nc(N=Nc2ccc(O)cc2O)[n-]c1[N+]#[C-].[Ni]. The molecule has 39 heavy (non-hydrogen) atoms. The van der Waals surface area contributed by atoms with Crippen LogP contribution < -0.4 is 9.97 Å².